The Morgan fingerprint density at radius 1 is 1.24 bits per heavy atom. The second kappa shape index (κ2) is 7.11. The minimum atomic E-state index is -0.245. The highest BCUT2D eigenvalue weighted by Gasteiger charge is 2.50. The minimum absolute atomic E-state index is 0.0207. The molecule has 1 aliphatic carbocycles. The van der Waals surface area contributed by atoms with E-state index >= 15 is 0 Å². The van der Waals surface area contributed by atoms with Gasteiger partial charge in [-0.05, 0) is 32.1 Å². The van der Waals surface area contributed by atoms with Crippen molar-refractivity contribution in [3.05, 3.63) is 11.6 Å². The Kier molecular flexibility index (Phi) is 4.55. The maximum absolute atomic E-state index is 13.0. The van der Waals surface area contributed by atoms with Crippen LogP contribution in [-0.2, 0) is 33.9 Å². The second-order valence-corrected chi connectivity index (χ2v) is 8.77. The van der Waals surface area contributed by atoms with E-state index in [0.717, 1.165) is 50.3 Å². The molecule has 0 spiro atoms. The molecule has 1 saturated carbocycles. The third kappa shape index (κ3) is 3.20. The van der Waals surface area contributed by atoms with E-state index in [1.165, 1.54) is 0 Å². The molecule has 1 aromatic rings. The van der Waals surface area contributed by atoms with E-state index in [1.54, 1.807) is 4.90 Å². The van der Waals surface area contributed by atoms with Gasteiger partial charge in [-0.2, -0.15) is 0 Å². The zero-order valence-corrected chi connectivity index (χ0v) is 16.8. The van der Waals surface area contributed by atoms with Gasteiger partial charge in [0.05, 0.1) is 25.0 Å². The summed E-state index contributed by atoms with van der Waals surface area (Å²) in [5.74, 6) is 1.71. The fourth-order valence-electron chi connectivity index (χ4n) is 5.30. The maximum atomic E-state index is 13.0. The van der Waals surface area contributed by atoms with Crippen LogP contribution in [0.5, 0.6) is 0 Å². The Balaban J connectivity index is 1.25. The van der Waals surface area contributed by atoms with Crippen molar-refractivity contribution in [3.63, 3.8) is 0 Å². The molecule has 1 N–H and O–H groups in total. The van der Waals surface area contributed by atoms with Crippen molar-refractivity contribution in [2.24, 2.45) is 11.8 Å². The van der Waals surface area contributed by atoms with Gasteiger partial charge in [0.2, 0.25) is 17.7 Å². The van der Waals surface area contributed by atoms with E-state index in [1.807, 2.05) is 11.8 Å². The minimum Gasteiger partial charge on any atom is -0.348 e. The first-order chi connectivity index (χ1) is 14.1. The molecule has 3 atom stereocenters. The number of aryl methyl sites for hydroxylation is 1. The van der Waals surface area contributed by atoms with Crippen LogP contribution in [0, 0.1) is 11.8 Å². The lowest BCUT2D eigenvalue weighted by molar-refractivity contribution is -0.149. The maximum Gasteiger partial charge on any atom is 0.242 e. The summed E-state index contributed by atoms with van der Waals surface area (Å²) in [6, 6.07) is -0.160. The summed E-state index contributed by atoms with van der Waals surface area (Å²) < 4.78 is 2.08. The summed E-state index contributed by atoms with van der Waals surface area (Å²) in [4.78, 5) is 41.9. The highest BCUT2D eigenvalue weighted by atomic mass is 16.2. The standard InChI is InChI=1S/C20H28N6O3/c1-2-15-14(19(28)21-9-17-23-22-16-4-3-7-25(16)17)8-13-10-24(11-18(27)26(13)15)20(29)12-5-6-12/h12-15H,2-11H2,1H3,(H,21,28)/t13-,14-,15-/m0/s1. The fourth-order valence-corrected chi connectivity index (χ4v) is 5.30. The monoisotopic (exact) mass is 400 g/mol. The van der Waals surface area contributed by atoms with Crippen LogP contribution in [0.3, 0.4) is 0 Å². The predicted octanol–water partition coefficient (Wildman–Crippen LogP) is 0.0884. The molecular weight excluding hydrogens is 372 g/mol. The van der Waals surface area contributed by atoms with Crippen molar-refractivity contribution >= 4 is 17.7 Å². The smallest absolute Gasteiger partial charge is 0.242 e. The molecule has 156 valence electrons. The van der Waals surface area contributed by atoms with E-state index in [9.17, 15) is 14.4 Å². The molecule has 3 amide bonds. The Morgan fingerprint density at radius 3 is 2.83 bits per heavy atom. The van der Waals surface area contributed by atoms with Crippen LogP contribution >= 0.6 is 0 Å². The molecule has 5 rings (SSSR count). The Morgan fingerprint density at radius 2 is 2.07 bits per heavy atom. The summed E-state index contributed by atoms with van der Waals surface area (Å²) >= 11 is 0. The van der Waals surface area contributed by atoms with Gasteiger partial charge in [-0.15, -0.1) is 10.2 Å². The van der Waals surface area contributed by atoms with Gasteiger partial charge in [0.25, 0.3) is 0 Å². The lowest BCUT2D eigenvalue weighted by Gasteiger charge is -2.39. The molecule has 9 heteroatoms. The summed E-state index contributed by atoms with van der Waals surface area (Å²) in [7, 11) is 0. The van der Waals surface area contributed by atoms with Gasteiger partial charge in [0.15, 0.2) is 5.82 Å². The number of aromatic nitrogens is 3. The van der Waals surface area contributed by atoms with E-state index in [4.69, 9.17) is 0 Å². The number of rotatable bonds is 5. The summed E-state index contributed by atoms with van der Waals surface area (Å²) in [5, 5.41) is 11.4. The number of carbonyl (C=O) groups is 3. The molecule has 3 fully saturated rings. The Hall–Kier alpha value is -2.45. The normalized spacial score (nSPS) is 28.4. The lowest BCUT2D eigenvalue weighted by Crippen LogP contribution is -2.58. The first-order valence-electron chi connectivity index (χ1n) is 10.9. The van der Waals surface area contributed by atoms with Crippen LogP contribution in [0.2, 0.25) is 0 Å². The van der Waals surface area contributed by atoms with E-state index in [2.05, 4.69) is 20.1 Å². The average molecular weight is 400 g/mol. The van der Waals surface area contributed by atoms with Gasteiger partial charge >= 0.3 is 0 Å². The highest BCUT2D eigenvalue weighted by molar-refractivity contribution is 5.90. The molecule has 0 unspecified atom stereocenters. The van der Waals surface area contributed by atoms with Gasteiger partial charge in [-0.3, -0.25) is 14.4 Å². The van der Waals surface area contributed by atoms with Crippen molar-refractivity contribution in [1.82, 2.24) is 29.9 Å². The molecule has 4 aliphatic rings. The lowest BCUT2D eigenvalue weighted by atomic mass is 9.96. The molecule has 0 aromatic carbocycles. The topological polar surface area (TPSA) is 100 Å². The third-order valence-electron chi connectivity index (χ3n) is 6.89. The van der Waals surface area contributed by atoms with Crippen molar-refractivity contribution in [2.75, 3.05) is 13.1 Å². The van der Waals surface area contributed by atoms with E-state index in [-0.39, 0.29) is 48.2 Å². The number of nitrogens with zero attached hydrogens (tertiary/aromatic N) is 5. The zero-order valence-electron chi connectivity index (χ0n) is 16.8. The van der Waals surface area contributed by atoms with Gasteiger partial charge in [-0.1, -0.05) is 6.92 Å². The van der Waals surface area contributed by atoms with Crippen molar-refractivity contribution < 1.29 is 14.4 Å². The van der Waals surface area contributed by atoms with Gasteiger partial charge < -0.3 is 19.7 Å². The molecule has 0 bridgehead atoms. The zero-order chi connectivity index (χ0) is 20.1. The number of fused-ring (bicyclic) bond motifs is 2. The molecule has 4 heterocycles. The number of amides is 3. The third-order valence-corrected chi connectivity index (χ3v) is 6.89. The van der Waals surface area contributed by atoms with E-state index < -0.39 is 0 Å². The largest absolute Gasteiger partial charge is 0.348 e. The van der Waals surface area contributed by atoms with Crippen molar-refractivity contribution in [3.8, 4) is 0 Å². The quantitative estimate of drug-likeness (QED) is 0.755. The highest BCUT2D eigenvalue weighted by Crippen LogP contribution is 2.37. The number of hydrogen-bond donors (Lipinski definition) is 1. The second-order valence-electron chi connectivity index (χ2n) is 8.77. The van der Waals surface area contributed by atoms with Crippen molar-refractivity contribution in [2.45, 2.75) is 70.6 Å². The molecule has 2 saturated heterocycles. The first kappa shape index (κ1) is 18.6. The average Bonchev–Trinajstić information content (AvgIpc) is 3.16. The number of carbonyl (C=O) groups excluding carboxylic acids is 3. The fraction of sp³-hybridized carbons (Fsp3) is 0.750. The van der Waals surface area contributed by atoms with Crippen LogP contribution < -0.4 is 5.32 Å². The van der Waals surface area contributed by atoms with Crippen LogP contribution in [-0.4, -0.2) is 67.5 Å². The van der Waals surface area contributed by atoms with Gasteiger partial charge in [0, 0.05) is 31.5 Å². The van der Waals surface area contributed by atoms with Crippen LogP contribution in [0.15, 0.2) is 0 Å². The van der Waals surface area contributed by atoms with Crippen LogP contribution in [0.4, 0.5) is 0 Å². The van der Waals surface area contributed by atoms with Crippen LogP contribution in [0.25, 0.3) is 0 Å². The molecule has 3 aliphatic heterocycles. The van der Waals surface area contributed by atoms with Gasteiger partial charge in [0.1, 0.15) is 5.82 Å². The molecule has 0 radical (unpaired) electrons. The first-order valence-corrected chi connectivity index (χ1v) is 10.9. The van der Waals surface area contributed by atoms with Gasteiger partial charge in [-0.25, -0.2) is 0 Å². The Bertz CT molecular complexity index is 847. The molecule has 1 aromatic heterocycles. The Labute approximate surface area is 169 Å². The SMILES string of the molecule is CC[C@H]1[C@@H](C(=O)NCc2nnc3n2CCC3)C[C@H]2CN(C(=O)C3CC3)CC(=O)N21. The summed E-state index contributed by atoms with van der Waals surface area (Å²) in [6.07, 6.45) is 5.23. The van der Waals surface area contributed by atoms with Crippen molar-refractivity contribution in [1.29, 1.82) is 0 Å². The summed E-state index contributed by atoms with van der Waals surface area (Å²) in [5.41, 5.74) is 0. The number of hydrogen-bond acceptors (Lipinski definition) is 5. The predicted molar refractivity (Wildman–Crippen MR) is 102 cm³/mol. The van der Waals surface area contributed by atoms with E-state index in [0.29, 0.717) is 19.5 Å². The molecular formula is C20H28N6O3. The molecule has 29 heavy (non-hydrogen) atoms. The number of nitrogens with one attached hydrogen (secondary N) is 1. The molecule has 9 nitrogen and oxygen atoms in total. The summed E-state index contributed by atoms with van der Waals surface area (Å²) in [6.45, 7) is 4.00. The number of piperazine rings is 1. The van der Waals surface area contributed by atoms with Crippen LogP contribution in [0.1, 0.15) is 50.7 Å².